The third-order valence-electron chi connectivity index (χ3n) is 5.93. The van der Waals surface area contributed by atoms with E-state index in [0.717, 1.165) is 42.6 Å². The van der Waals surface area contributed by atoms with Gasteiger partial charge < -0.3 is 9.84 Å². The van der Waals surface area contributed by atoms with E-state index in [4.69, 9.17) is 9.73 Å². The lowest BCUT2D eigenvalue weighted by Crippen LogP contribution is -2.40. The summed E-state index contributed by atoms with van der Waals surface area (Å²) in [6.07, 6.45) is 5.28. The Balaban J connectivity index is 1.74. The monoisotopic (exact) mass is 450 g/mol. The number of amidine groups is 1. The second-order valence-corrected chi connectivity index (χ2v) is 8.98. The van der Waals surface area contributed by atoms with Crippen LogP contribution < -0.4 is 4.74 Å². The molecule has 0 atom stereocenters. The first-order chi connectivity index (χ1) is 15.5. The van der Waals surface area contributed by atoms with E-state index in [-0.39, 0.29) is 17.5 Å². The SMILES string of the molecule is COc1ccc(/C(C)=C2\SC(=Nc3cccc(C(=O)O)c3)N(C3CCCCC3)C2=O)cc1. The number of thioether (sulfide) groups is 1. The van der Waals surface area contributed by atoms with Gasteiger partial charge in [0.1, 0.15) is 5.75 Å². The average Bonchev–Trinajstić information content (AvgIpc) is 3.14. The Kier molecular flexibility index (Phi) is 6.65. The molecule has 6 nitrogen and oxygen atoms in total. The fourth-order valence-electron chi connectivity index (χ4n) is 4.15. The molecule has 0 aromatic heterocycles. The normalized spacial score (nSPS) is 20.0. The van der Waals surface area contributed by atoms with Crippen LogP contribution in [0.1, 0.15) is 54.9 Å². The lowest BCUT2D eigenvalue weighted by molar-refractivity contribution is -0.124. The van der Waals surface area contributed by atoms with Crippen LogP contribution in [0.2, 0.25) is 0 Å². The summed E-state index contributed by atoms with van der Waals surface area (Å²) in [6, 6.07) is 14.3. The van der Waals surface area contributed by atoms with Crippen molar-refractivity contribution < 1.29 is 19.4 Å². The van der Waals surface area contributed by atoms with Crippen molar-refractivity contribution >= 4 is 40.1 Å². The van der Waals surface area contributed by atoms with E-state index in [2.05, 4.69) is 0 Å². The third-order valence-corrected chi connectivity index (χ3v) is 7.09. The van der Waals surface area contributed by atoms with Crippen LogP contribution in [0, 0.1) is 0 Å². The van der Waals surface area contributed by atoms with Gasteiger partial charge in [-0.05, 0) is 73.0 Å². The number of hydrogen-bond donors (Lipinski definition) is 1. The molecule has 2 aromatic rings. The van der Waals surface area contributed by atoms with Crippen LogP contribution in [0.5, 0.6) is 5.75 Å². The Labute approximate surface area is 192 Å². The highest BCUT2D eigenvalue weighted by Gasteiger charge is 2.39. The number of benzene rings is 2. The minimum Gasteiger partial charge on any atom is -0.497 e. The van der Waals surface area contributed by atoms with Gasteiger partial charge in [0, 0.05) is 6.04 Å². The zero-order valence-electron chi connectivity index (χ0n) is 18.2. The Morgan fingerprint density at radius 3 is 2.47 bits per heavy atom. The lowest BCUT2D eigenvalue weighted by Gasteiger charge is -2.30. The van der Waals surface area contributed by atoms with Crippen LogP contribution in [-0.2, 0) is 4.79 Å². The van der Waals surface area contributed by atoms with Gasteiger partial charge in [0.2, 0.25) is 0 Å². The minimum atomic E-state index is -0.998. The maximum absolute atomic E-state index is 13.6. The molecule has 166 valence electrons. The van der Waals surface area contributed by atoms with Gasteiger partial charge in [0.15, 0.2) is 5.17 Å². The zero-order chi connectivity index (χ0) is 22.7. The number of carboxylic acids is 1. The molecule has 1 heterocycles. The number of carbonyl (C=O) groups excluding carboxylic acids is 1. The maximum Gasteiger partial charge on any atom is 0.335 e. The largest absolute Gasteiger partial charge is 0.497 e. The first-order valence-electron chi connectivity index (χ1n) is 10.8. The van der Waals surface area contributed by atoms with Crippen LogP contribution in [0.4, 0.5) is 5.69 Å². The minimum absolute atomic E-state index is 0.0247. The molecule has 1 N–H and O–H groups in total. The first kappa shape index (κ1) is 22.1. The highest BCUT2D eigenvalue weighted by Crippen LogP contribution is 2.41. The number of rotatable bonds is 5. The Hall–Kier alpha value is -3.06. The molecule has 0 radical (unpaired) electrons. The van der Waals surface area contributed by atoms with E-state index in [1.807, 2.05) is 36.1 Å². The summed E-state index contributed by atoms with van der Waals surface area (Å²) in [5, 5.41) is 9.93. The molecule has 0 bridgehead atoms. The maximum atomic E-state index is 13.6. The van der Waals surface area contributed by atoms with Crippen LogP contribution in [0.3, 0.4) is 0 Å². The molecule has 4 rings (SSSR count). The van der Waals surface area contributed by atoms with E-state index in [9.17, 15) is 14.7 Å². The smallest absolute Gasteiger partial charge is 0.335 e. The van der Waals surface area contributed by atoms with Gasteiger partial charge in [-0.3, -0.25) is 9.69 Å². The quantitative estimate of drug-likeness (QED) is 0.590. The Bertz CT molecular complexity index is 1090. The van der Waals surface area contributed by atoms with Gasteiger partial charge in [-0.25, -0.2) is 9.79 Å². The first-order valence-corrected chi connectivity index (χ1v) is 11.6. The molecule has 2 aliphatic rings. The molecule has 32 heavy (non-hydrogen) atoms. The van der Waals surface area contributed by atoms with E-state index in [1.54, 1.807) is 19.2 Å². The molecule has 7 heteroatoms. The lowest BCUT2D eigenvalue weighted by atomic mass is 9.94. The Morgan fingerprint density at radius 1 is 1.09 bits per heavy atom. The number of aromatic carboxylic acids is 1. The molecule has 0 spiro atoms. The van der Waals surface area contributed by atoms with E-state index in [0.29, 0.717) is 15.8 Å². The number of carboxylic acid groups (broad SMARTS) is 1. The zero-order valence-corrected chi connectivity index (χ0v) is 19.0. The van der Waals surface area contributed by atoms with Crippen molar-refractivity contribution in [1.82, 2.24) is 4.90 Å². The predicted molar refractivity (Wildman–Crippen MR) is 127 cm³/mol. The van der Waals surface area contributed by atoms with Crippen molar-refractivity contribution in [1.29, 1.82) is 0 Å². The fraction of sp³-hybridized carbons (Fsp3) is 0.320. The van der Waals surface area contributed by atoms with Gasteiger partial charge in [-0.2, -0.15) is 0 Å². The summed E-state index contributed by atoms with van der Waals surface area (Å²) in [5.41, 5.74) is 2.56. The molecule has 1 saturated heterocycles. The summed E-state index contributed by atoms with van der Waals surface area (Å²) in [6.45, 7) is 1.95. The Morgan fingerprint density at radius 2 is 1.81 bits per heavy atom. The van der Waals surface area contributed by atoms with Crippen molar-refractivity contribution in [3.63, 3.8) is 0 Å². The van der Waals surface area contributed by atoms with Crippen molar-refractivity contribution in [3.8, 4) is 5.75 Å². The molecular weight excluding hydrogens is 424 g/mol. The average molecular weight is 451 g/mol. The van der Waals surface area contributed by atoms with Gasteiger partial charge in [-0.15, -0.1) is 0 Å². The number of aliphatic imine (C=N–C) groups is 1. The summed E-state index contributed by atoms with van der Waals surface area (Å²) in [5.74, 6) is -0.257. The van der Waals surface area contributed by atoms with Gasteiger partial charge in [0.05, 0.1) is 23.3 Å². The standard InChI is InChI=1S/C25H26N2O4S/c1-16(17-11-13-21(31-2)14-12-17)22-23(28)27(20-9-4-3-5-10-20)25(32-22)26-19-8-6-7-18(15-19)24(29)30/h6-8,11-15,20H,3-5,9-10H2,1-2H3,(H,29,30)/b22-16-,26-25?. The number of allylic oxidation sites excluding steroid dienone is 1. The number of nitrogens with zero attached hydrogens (tertiary/aromatic N) is 2. The second kappa shape index (κ2) is 9.61. The van der Waals surface area contributed by atoms with E-state index < -0.39 is 5.97 Å². The van der Waals surface area contributed by atoms with Crippen molar-refractivity contribution in [2.75, 3.05) is 7.11 Å². The van der Waals surface area contributed by atoms with Crippen molar-refractivity contribution in [2.24, 2.45) is 4.99 Å². The van der Waals surface area contributed by atoms with Crippen LogP contribution >= 0.6 is 11.8 Å². The topological polar surface area (TPSA) is 79.2 Å². The van der Waals surface area contributed by atoms with E-state index in [1.165, 1.54) is 30.3 Å². The van der Waals surface area contributed by atoms with Crippen LogP contribution in [-0.4, -0.2) is 40.2 Å². The molecule has 1 aliphatic heterocycles. The summed E-state index contributed by atoms with van der Waals surface area (Å²) >= 11 is 1.37. The van der Waals surface area contributed by atoms with Gasteiger partial charge >= 0.3 is 5.97 Å². The number of methoxy groups -OCH3 is 1. The molecule has 0 unspecified atom stereocenters. The third kappa shape index (κ3) is 4.58. The second-order valence-electron chi connectivity index (χ2n) is 8.00. The highest BCUT2D eigenvalue weighted by molar-refractivity contribution is 8.18. The van der Waals surface area contributed by atoms with Crippen molar-refractivity contribution in [2.45, 2.75) is 45.1 Å². The van der Waals surface area contributed by atoms with Crippen molar-refractivity contribution in [3.05, 3.63) is 64.6 Å². The molecule has 1 aliphatic carbocycles. The van der Waals surface area contributed by atoms with Crippen LogP contribution in [0.15, 0.2) is 58.4 Å². The van der Waals surface area contributed by atoms with Gasteiger partial charge in [0.25, 0.3) is 5.91 Å². The van der Waals surface area contributed by atoms with Crippen LogP contribution in [0.25, 0.3) is 5.57 Å². The number of ether oxygens (including phenoxy) is 1. The molecule has 1 amide bonds. The molecule has 2 aromatic carbocycles. The predicted octanol–water partition coefficient (Wildman–Crippen LogP) is 5.72. The molecular formula is C25H26N2O4S. The molecule has 1 saturated carbocycles. The number of amides is 1. The number of hydrogen-bond acceptors (Lipinski definition) is 5. The summed E-state index contributed by atoms with van der Waals surface area (Å²) in [7, 11) is 1.63. The highest BCUT2D eigenvalue weighted by atomic mass is 32.2. The summed E-state index contributed by atoms with van der Waals surface area (Å²) in [4.78, 5) is 32.2. The number of carbonyl (C=O) groups is 2. The van der Waals surface area contributed by atoms with Gasteiger partial charge in [-0.1, -0.05) is 37.5 Å². The van der Waals surface area contributed by atoms with E-state index >= 15 is 0 Å². The fourth-order valence-corrected chi connectivity index (χ4v) is 5.27. The summed E-state index contributed by atoms with van der Waals surface area (Å²) < 4.78 is 5.24. The molecule has 2 fully saturated rings.